The fraction of sp³-hybridized carbons (Fsp3) is 0. The van der Waals surface area contributed by atoms with E-state index in [1.807, 2.05) is 0 Å². The minimum absolute atomic E-state index is 0. The van der Waals surface area contributed by atoms with Crippen molar-refractivity contribution in [3.63, 3.8) is 0 Å². The number of rotatable bonds is 2. The second-order valence-corrected chi connectivity index (χ2v) is 3.01. The van der Waals surface area contributed by atoms with Crippen molar-refractivity contribution in [3.8, 4) is 0 Å². The molecule has 0 aromatic rings. The summed E-state index contributed by atoms with van der Waals surface area (Å²) in [5, 5.41) is 14.1. The maximum absolute atomic E-state index is 9.08. The molecule has 0 saturated heterocycles. The molecule has 0 unspecified atom stereocenters. The van der Waals surface area contributed by atoms with Crippen LogP contribution < -0.4 is 70.2 Å². The van der Waals surface area contributed by atoms with Crippen molar-refractivity contribution in [1.29, 1.82) is 0 Å². The quantitative estimate of drug-likeness (QED) is 0.164. The second-order valence-electron chi connectivity index (χ2n) is 1.00. The molecule has 0 saturated carbocycles. The SMILES string of the molecule is O=S(=O)(O)OO.O=S(=O)(O)OO.[H-].[H-].[K+].[Li+]. The summed E-state index contributed by atoms with van der Waals surface area (Å²) in [5.41, 5.74) is 0. The minimum Gasteiger partial charge on any atom is -1.00 e. The van der Waals surface area contributed by atoms with Crippen molar-refractivity contribution < 1.29 is 118 Å². The molecule has 14 heteroatoms. The molecular weight excluding hydrogens is 270 g/mol. The van der Waals surface area contributed by atoms with Gasteiger partial charge in [0.05, 0.1) is 0 Å². The molecule has 0 aliphatic rings. The van der Waals surface area contributed by atoms with Crippen LogP contribution in [-0.2, 0) is 29.5 Å². The normalized spacial score (nSPS) is 10.0. The average Bonchev–Trinajstić information content (AvgIpc) is 1.86. The van der Waals surface area contributed by atoms with Crippen molar-refractivity contribution in [2.24, 2.45) is 0 Å². The molecule has 0 fully saturated rings. The van der Waals surface area contributed by atoms with Crippen molar-refractivity contribution in [3.05, 3.63) is 0 Å². The van der Waals surface area contributed by atoms with Gasteiger partial charge in [-0.1, -0.05) is 8.67 Å². The fourth-order valence-electron chi connectivity index (χ4n) is 0. The van der Waals surface area contributed by atoms with Gasteiger partial charge in [-0.15, -0.1) is 0 Å². The third kappa shape index (κ3) is 37.1. The molecule has 0 aromatic heterocycles. The maximum atomic E-state index is 9.08. The summed E-state index contributed by atoms with van der Waals surface area (Å²) in [6.45, 7) is 0. The molecule has 0 aliphatic carbocycles. The molecule has 0 aliphatic heterocycles. The van der Waals surface area contributed by atoms with Gasteiger partial charge < -0.3 is 2.85 Å². The number of hydrogen-bond acceptors (Lipinski definition) is 8. The smallest absolute Gasteiger partial charge is 1.00 e. The monoisotopic (exact) mass is 276 g/mol. The van der Waals surface area contributed by atoms with Gasteiger partial charge in [0.1, 0.15) is 0 Å². The topological polar surface area (TPSA) is 168 Å². The Hall–Kier alpha value is 1.89. The third-order valence-electron chi connectivity index (χ3n) is 0.188. The van der Waals surface area contributed by atoms with Crippen LogP contribution in [0.5, 0.6) is 0 Å². The standard InChI is InChI=1S/K.Li.2H2O5S.2H/c;;2*1-5-6(2,3)4;;/h;;2*1H,(H,2,3,4);;/q2*+1;;;2*-1. The maximum Gasteiger partial charge on any atom is 1.00 e. The summed E-state index contributed by atoms with van der Waals surface area (Å²) in [4.78, 5) is 0. The molecule has 0 heterocycles. The zero-order valence-electron chi connectivity index (χ0n) is 9.05. The van der Waals surface area contributed by atoms with Crippen LogP contribution in [0.25, 0.3) is 0 Å². The molecule has 0 radical (unpaired) electrons. The minimum atomic E-state index is -4.61. The first-order valence-corrected chi connectivity index (χ1v) is 4.46. The molecule has 4 N–H and O–H groups in total. The van der Waals surface area contributed by atoms with E-state index in [0.29, 0.717) is 0 Å². The predicted octanol–water partition coefficient (Wildman–Crippen LogP) is -7.21. The van der Waals surface area contributed by atoms with Crippen LogP contribution in [0.1, 0.15) is 2.85 Å². The summed E-state index contributed by atoms with van der Waals surface area (Å²) in [6.07, 6.45) is 0. The largest absolute Gasteiger partial charge is 1.00 e. The zero-order valence-corrected chi connectivity index (χ0v) is 11.8. The van der Waals surface area contributed by atoms with Crippen molar-refractivity contribution >= 4 is 20.8 Å². The van der Waals surface area contributed by atoms with Crippen LogP contribution in [0.3, 0.4) is 0 Å². The third-order valence-corrected chi connectivity index (χ3v) is 0.565. The summed E-state index contributed by atoms with van der Waals surface area (Å²) in [5.74, 6) is 0. The Labute approximate surface area is 137 Å². The van der Waals surface area contributed by atoms with Crippen molar-refractivity contribution in [2.75, 3.05) is 0 Å². The Kier molecular flexibility index (Phi) is 20.3. The molecule has 0 rings (SSSR count). The Morgan fingerprint density at radius 1 is 0.857 bits per heavy atom. The molecule has 0 amide bonds. The average molecular weight is 276 g/mol. The van der Waals surface area contributed by atoms with E-state index in [9.17, 15) is 0 Å². The zero-order chi connectivity index (χ0) is 10.4. The van der Waals surface area contributed by atoms with E-state index in [2.05, 4.69) is 8.67 Å². The van der Waals surface area contributed by atoms with E-state index >= 15 is 0 Å². The van der Waals surface area contributed by atoms with Gasteiger partial charge in [0, 0.05) is 0 Å². The second kappa shape index (κ2) is 11.4. The summed E-state index contributed by atoms with van der Waals surface area (Å²) < 4.78 is 55.9. The van der Waals surface area contributed by atoms with E-state index in [-0.39, 0.29) is 73.1 Å². The van der Waals surface area contributed by atoms with Crippen LogP contribution >= 0.6 is 0 Å². The molecule has 0 bridgehead atoms. The van der Waals surface area contributed by atoms with Gasteiger partial charge >= 0.3 is 91.0 Å². The van der Waals surface area contributed by atoms with Crippen LogP contribution in [0.2, 0.25) is 0 Å². The predicted molar refractivity (Wildman–Crippen MR) is 32.7 cm³/mol. The Morgan fingerprint density at radius 3 is 0.929 bits per heavy atom. The molecule has 0 aromatic carbocycles. The van der Waals surface area contributed by atoms with Crippen LogP contribution in [0.4, 0.5) is 0 Å². The van der Waals surface area contributed by atoms with Gasteiger partial charge in [-0.2, -0.15) is 16.8 Å². The fourth-order valence-corrected chi connectivity index (χ4v) is 0. The van der Waals surface area contributed by atoms with Gasteiger partial charge in [0.15, 0.2) is 0 Å². The first-order valence-electron chi connectivity index (χ1n) is 1.73. The number of hydrogen-bond donors (Lipinski definition) is 4. The summed E-state index contributed by atoms with van der Waals surface area (Å²) in [7, 11) is -9.21. The van der Waals surface area contributed by atoms with E-state index < -0.39 is 20.8 Å². The van der Waals surface area contributed by atoms with Gasteiger partial charge in [0.2, 0.25) is 0 Å². The Balaban J connectivity index is -0.0000000250. The van der Waals surface area contributed by atoms with Crippen LogP contribution in [0.15, 0.2) is 0 Å². The summed E-state index contributed by atoms with van der Waals surface area (Å²) in [6, 6.07) is 0. The van der Waals surface area contributed by atoms with E-state index in [1.165, 1.54) is 0 Å². The molecule has 14 heavy (non-hydrogen) atoms. The van der Waals surface area contributed by atoms with Gasteiger partial charge in [-0.25, -0.2) is 10.5 Å². The van der Waals surface area contributed by atoms with Gasteiger partial charge in [0.25, 0.3) is 0 Å². The van der Waals surface area contributed by atoms with Crippen LogP contribution in [0, 0.1) is 0 Å². The molecule has 0 atom stereocenters. The van der Waals surface area contributed by atoms with E-state index in [1.54, 1.807) is 0 Å². The van der Waals surface area contributed by atoms with Crippen molar-refractivity contribution in [2.45, 2.75) is 0 Å². The molecule has 0 spiro atoms. The first kappa shape index (κ1) is 24.9. The van der Waals surface area contributed by atoms with E-state index in [4.69, 9.17) is 36.5 Å². The Morgan fingerprint density at radius 2 is 0.929 bits per heavy atom. The Bertz CT molecular complexity index is 263. The molecule has 80 valence electrons. The van der Waals surface area contributed by atoms with Crippen molar-refractivity contribution in [1.82, 2.24) is 0 Å². The summed E-state index contributed by atoms with van der Waals surface area (Å²) >= 11 is 0. The first-order chi connectivity index (χ1) is 5.12. The van der Waals surface area contributed by atoms with Gasteiger partial charge in [-0.05, 0) is 0 Å². The molecule has 10 nitrogen and oxygen atoms in total. The van der Waals surface area contributed by atoms with E-state index in [0.717, 1.165) is 0 Å². The van der Waals surface area contributed by atoms with Crippen LogP contribution in [-0.4, -0.2) is 36.5 Å². The van der Waals surface area contributed by atoms with Gasteiger partial charge in [-0.3, -0.25) is 9.11 Å². The molecular formula is H6KLiO10S2.